The van der Waals surface area contributed by atoms with Gasteiger partial charge >= 0.3 is 6.18 Å². The molecule has 0 spiro atoms. The fourth-order valence-corrected chi connectivity index (χ4v) is 2.33. The van der Waals surface area contributed by atoms with E-state index in [-0.39, 0.29) is 11.5 Å². The molecule has 1 atom stereocenters. The van der Waals surface area contributed by atoms with Crippen molar-refractivity contribution in [2.45, 2.75) is 38.8 Å². The molecule has 1 N–H and O–H groups in total. The number of halogens is 3. The van der Waals surface area contributed by atoms with Crippen molar-refractivity contribution in [3.8, 4) is 0 Å². The highest BCUT2D eigenvalue weighted by atomic mass is 19.4. The number of hydrogen-bond acceptors (Lipinski definition) is 2. The fourth-order valence-electron chi connectivity index (χ4n) is 2.33. The summed E-state index contributed by atoms with van der Waals surface area (Å²) >= 11 is 0. The third-order valence-corrected chi connectivity index (χ3v) is 3.31. The van der Waals surface area contributed by atoms with Crippen LogP contribution >= 0.6 is 0 Å². The minimum Gasteiger partial charge on any atom is -0.267 e. The predicted octanol–water partition coefficient (Wildman–Crippen LogP) is 2.30. The number of H-pyrrole nitrogens is 1. The van der Waals surface area contributed by atoms with Gasteiger partial charge in [-0.05, 0) is 30.7 Å². The van der Waals surface area contributed by atoms with Crippen molar-refractivity contribution in [1.82, 2.24) is 10.2 Å². The summed E-state index contributed by atoms with van der Waals surface area (Å²) in [6.45, 7) is 1.95. The van der Waals surface area contributed by atoms with Crippen LogP contribution in [-0.2, 0) is 19.0 Å². The zero-order chi connectivity index (χ0) is 12.6. The molecule has 1 unspecified atom stereocenters. The molecule has 1 aliphatic rings. The van der Waals surface area contributed by atoms with Gasteiger partial charge in [0.1, 0.15) is 5.56 Å². The monoisotopic (exact) mass is 246 g/mol. The van der Waals surface area contributed by atoms with Gasteiger partial charge in [-0.15, -0.1) is 0 Å². The average molecular weight is 246 g/mol. The smallest absolute Gasteiger partial charge is 0.267 e. The summed E-state index contributed by atoms with van der Waals surface area (Å²) in [5, 5.41) is 5.67. The van der Waals surface area contributed by atoms with Gasteiger partial charge in [0, 0.05) is 0 Å². The molecule has 1 aromatic rings. The first-order valence-corrected chi connectivity index (χ1v) is 5.61. The predicted molar refractivity (Wildman–Crippen MR) is 55.7 cm³/mol. The number of aromatic nitrogens is 2. The van der Waals surface area contributed by atoms with Crippen molar-refractivity contribution >= 4 is 0 Å². The Bertz CT molecular complexity index is 479. The Hall–Kier alpha value is -1.33. The highest BCUT2D eigenvalue weighted by Gasteiger charge is 2.39. The molecule has 3 nitrogen and oxygen atoms in total. The van der Waals surface area contributed by atoms with Crippen LogP contribution in [0.3, 0.4) is 0 Å². The van der Waals surface area contributed by atoms with E-state index >= 15 is 0 Å². The molecular weight excluding hydrogens is 233 g/mol. The van der Waals surface area contributed by atoms with Gasteiger partial charge in [-0.3, -0.25) is 4.79 Å². The maximum atomic E-state index is 12.8. The number of aryl methyl sites for hydroxylation is 1. The summed E-state index contributed by atoms with van der Waals surface area (Å²) in [5.41, 5.74) is -1.70. The van der Waals surface area contributed by atoms with E-state index in [1.54, 1.807) is 0 Å². The Morgan fingerprint density at radius 3 is 2.76 bits per heavy atom. The standard InChI is InChI=1S/C11H13F3N2O/c1-2-6-3-4-8-7(5-6)9(11(12,13)14)10(17)16-15-8/h6H,2-5H2,1H3,(H,16,17). The van der Waals surface area contributed by atoms with Crippen molar-refractivity contribution in [1.29, 1.82) is 0 Å². The number of fused-ring (bicyclic) bond motifs is 1. The van der Waals surface area contributed by atoms with Gasteiger partial charge in [-0.2, -0.15) is 18.3 Å². The molecule has 6 heteroatoms. The molecule has 1 heterocycles. The van der Waals surface area contributed by atoms with Gasteiger partial charge in [0.05, 0.1) is 5.69 Å². The summed E-state index contributed by atoms with van der Waals surface area (Å²) in [6, 6.07) is 0. The zero-order valence-electron chi connectivity index (χ0n) is 9.40. The van der Waals surface area contributed by atoms with Crippen LogP contribution in [-0.4, -0.2) is 10.2 Å². The molecule has 0 radical (unpaired) electrons. The van der Waals surface area contributed by atoms with Crippen molar-refractivity contribution < 1.29 is 13.2 Å². The second-order valence-electron chi connectivity index (χ2n) is 4.37. The molecule has 0 fully saturated rings. The third-order valence-electron chi connectivity index (χ3n) is 3.31. The molecule has 0 saturated carbocycles. The van der Waals surface area contributed by atoms with Crippen molar-refractivity contribution in [3.05, 3.63) is 27.2 Å². The third kappa shape index (κ3) is 2.21. The molecule has 94 valence electrons. The molecule has 17 heavy (non-hydrogen) atoms. The summed E-state index contributed by atoms with van der Waals surface area (Å²) in [5.74, 6) is 0.215. The van der Waals surface area contributed by atoms with Gasteiger partial charge in [0.2, 0.25) is 0 Å². The van der Waals surface area contributed by atoms with E-state index in [0.717, 1.165) is 12.8 Å². The van der Waals surface area contributed by atoms with Crippen LogP contribution in [0.15, 0.2) is 4.79 Å². The SMILES string of the molecule is CCC1CCc2n[nH]c(=O)c(C(F)(F)F)c2C1. The number of hydrogen-bond donors (Lipinski definition) is 1. The van der Waals surface area contributed by atoms with Crippen molar-refractivity contribution in [2.24, 2.45) is 5.92 Å². The molecular formula is C11H13F3N2O. The molecule has 2 rings (SSSR count). The van der Waals surface area contributed by atoms with Gasteiger partial charge in [0.15, 0.2) is 0 Å². The Labute approximate surface area is 96.0 Å². The number of aromatic amines is 1. The normalized spacial score (nSPS) is 20.1. The van der Waals surface area contributed by atoms with Crippen LogP contribution in [0.4, 0.5) is 13.2 Å². The number of alkyl halides is 3. The summed E-state index contributed by atoms with van der Waals surface area (Å²) < 4.78 is 38.5. The highest BCUT2D eigenvalue weighted by Crippen LogP contribution is 2.35. The fraction of sp³-hybridized carbons (Fsp3) is 0.636. The average Bonchev–Trinajstić information content (AvgIpc) is 2.26. The van der Waals surface area contributed by atoms with E-state index in [2.05, 4.69) is 5.10 Å². The first-order chi connectivity index (χ1) is 7.93. The van der Waals surface area contributed by atoms with E-state index in [9.17, 15) is 18.0 Å². The maximum absolute atomic E-state index is 12.8. The highest BCUT2D eigenvalue weighted by molar-refractivity contribution is 5.32. The van der Waals surface area contributed by atoms with Crippen LogP contribution in [0.25, 0.3) is 0 Å². The molecule has 0 aliphatic heterocycles. The van der Waals surface area contributed by atoms with Crippen LogP contribution in [0.1, 0.15) is 36.6 Å². The summed E-state index contributed by atoms with van der Waals surface area (Å²) in [4.78, 5) is 11.3. The first-order valence-electron chi connectivity index (χ1n) is 5.61. The minimum absolute atomic E-state index is 0.0966. The van der Waals surface area contributed by atoms with Crippen LogP contribution < -0.4 is 5.56 Å². The van der Waals surface area contributed by atoms with Crippen LogP contribution in [0.2, 0.25) is 0 Å². The van der Waals surface area contributed by atoms with Crippen LogP contribution in [0.5, 0.6) is 0 Å². The van der Waals surface area contributed by atoms with E-state index in [0.29, 0.717) is 18.5 Å². The quantitative estimate of drug-likeness (QED) is 0.826. The molecule has 0 aromatic carbocycles. The Morgan fingerprint density at radius 2 is 2.18 bits per heavy atom. The summed E-state index contributed by atoms with van der Waals surface area (Å²) in [6.07, 6.45) is -2.13. The molecule has 0 bridgehead atoms. The van der Waals surface area contributed by atoms with Gasteiger partial charge in [-0.1, -0.05) is 13.3 Å². The van der Waals surface area contributed by atoms with Crippen molar-refractivity contribution in [2.75, 3.05) is 0 Å². The van der Waals surface area contributed by atoms with Crippen molar-refractivity contribution in [3.63, 3.8) is 0 Å². The maximum Gasteiger partial charge on any atom is 0.422 e. The Balaban J connectivity index is 2.56. The van der Waals surface area contributed by atoms with Crippen LogP contribution in [0, 0.1) is 5.92 Å². The second kappa shape index (κ2) is 4.16. The van der Waals surface area contributed by atoms with E-state index < -0.39 is 17.3 Å². The van der Waals surface area contributed by atoms with E-state index in [1.807, 2.05) is 12.0 Å². The molecule has 0 saturated heterocycles. The Kier molecular flexibility index (Phi) is 2.97. The number of nitrogens with zero attached hydrogens (tertiary/aromatic N) is 1. The lowest BCUT2D eigenvalue weighted by molar-refractivity contribution is -0.139. The van der Waals surface area contributed by atoms with Gasteiger partial charge < -0.3 is 0 Å². The Morgan fingerprint density at radius 1 is 1.47 bits per heavy atom. The first kappa shape index (κ1) is 12.1. The number of nitrogens with one attached hydrogen (secondary N) is 1. The second-order valence-corrected chi connectivity index (χ2v) is 4.37. The lowest BCUT2D eigenvalue weighted by Gasteiger charge is -2.24. The van der Waals surface area contributed by atoms with E-state index in [1.165, 1.54) is 0 Å². The topological polar surface area (TPSA) is 45.8 Å². The molecule has 0 amide bonds. The molecule has 1 aliphatic carbocycles. The lowest BCUT2D eigenvalue weighted by atomic mass is 9.83. The number of rotatable bonds is 1. The summed E-state index contributed by atoms with van der Waals surface area (Å²) in [7, 11) is 0. The van der Waals surface area contributed by atoms with Gasteiger partial charge in [-0.25, -0.2) is 5.10 Å². The van der Waals surface area contributed by atoms with Gasteiger partial charge in [0.25, 0.3) is 5.56 Å². The lowest BCUT2D eigenvalue weighted by Crippen LogP contribution is -2.30. The van der Waals surface area contributed by atoms with E-state index in [4.69, 9.17) is 0 Å². The minimum atomic E-state index is -4.60. The largest absolute Gasteiger partial charge is 0.422 e. The zero-order valence-corrected chi connectivity index (χ0v) is 9.40. The molecule has 1 aromatic heterocycles.